The first-order valence-corrected chi connectivity index (χ1v) is 11.7. The third-order valence-corrected chi connectivity index (χ3v) is 5.99. The summed E-state index contributed by atoms with van der Waals surface area (Å²) < 4.78 is 0. The molecule has 2 heterocycles. The van der Waals surface area contributed by atoms with Gasteiger partial charge in [0, 0.05) is 50.1 Å². The van der Waals surface area contributed by atoms with Crippen molar-refractivity contribution in [2.75, 3.05) is 42.9 Å². The molecule has 7 nitrogen and oxygen atoms in total. The lowest BCUT2D eigenvalue weighted by atomic mass is 10.2. The van der Waals surface area contributed by atoms with E-state index >= 15 is 0 Å². The summed E-state index contributed by atoms with van der Waals surface area (Å²) in [5.74, 6) is 0.832. The first-order chi connectivity index (χ1) is 15.7. The lowest BCUT2D eigenvalue weighted by Crippen LogP contribution is -2.44. The van der Waals surface area contributed by atoms with E-state index in [0.29, 0.717) is 12.6 Å². The minimum Gasteiger partial charge on any atom is -0.369 e. The molecule has 2 amide bonds. The summed E-state index contributed by atoms with van der Waals surface area (Å²) in [6.45, 7) is 7.14. The maximum absolute atomic E-state index is 12.4. The van der Waals surface area contributed by atoms with Crippen molar-refractivity contribution in [1.82, 2.24) is 15.5 Å². The van der Waals surface area contributed by atoms with Crippen molar-refractivity contribution in [3.63, 3.8) is 0 Å². The molecule has 2 aliphatic heterocycles. The number of rotatable bonds is 6. The molecule has 1 unspecified atom stereocenters. The number of urea groups is 1. The number of nitrogens with one attached hydrogen (secondary N) is 3. The predicted octanol–water partition coefficient (Wildman–Crippen LogP) is 3.65. The molecule has 2 aromatic rings. The molecule has 4 rings (SSSR count). The molecule has 1 atom stereocenters. The maximum Gasteiger partial charge on any atom is 0.321 e. The number of para-hydroxylation sites is 1. The van der Waals surface area contributed by atoms with Gasteiger partial charge in [-0.2, -0.15) is 0 Å². The molecular formula is C25H34N6O. The Labute approximate surface area is 190 Å². The van der Waals surface area contributed by atoms with Crippen LogP contribution < -0.4 is 20.9 Å². The molecule has 7 heteroatoms. The summed E-state index contributed by atoms with van der Waals surface area (Å²) in [7, 11) is 0. The molecule has 2 aromatic carbocycles. The van der Waals surface area contributed by atoms with Gasteiger partial charge in [0.25, 0.3) is 0 Å². The fourth-order valence-electron chi connectivity index (χ4n) is 4.31. The van der Waals surface area contributed by atoms with Gasteiger partial charge in [0.1, 0.15) is 0 Å². The summed E-state index contributed by atoms with van der Waals surface area (Å²) in [6.07, 6.45) is 3.26. The molecule has 0 aliphatic carbocycles. The Bertz CT molecular complexity index is 910. The Morgan fingerprint density at radius 1 is 1.06 bits per heavy atom. The van der Waals surface area contributed by atoms with Crippen LogP contribution in [0.3, 0.4) is 0 Å². The van der Waals surface area contributed by atoms with Crippen LogP contribution in [0.5, 0.6) is 0 Å². The Morgan fingerprint density at radius 3 is 2.66 bits per heavy atom. The highest BCUT2D eigenvalue weighted by atomic mass is 16.2. The van der Waals surface area contributed by atoms with E-state index in [2.05, 4.69) is 58.1 Å². The van der Waals surface area contributed by atoms with Gasteiger partial charge in [0.05, 0.1) is 6.54 Å². The molecule has 0 radical (unpaired) electrons. The second-order valence-electron chi connectivity index (χ2n) is 8.43. The number of benzene rings is 2. The number of hydrogen-bond acceptors (Lipinski definition) is 3. The molecule has 0 spiro atoms. The van der Waals surface area contributed by atoms with E-state index in [0.717, 1.165) is 69.2 Å². The number of aliphatic imine (C=N–C) groups is 1. The first kappa shape index (κ1) is 22.0. The molecule has 0 aromatic heterocycles. The number of amides is 2. The fraction of sp³-hybridized carbons (Fsp3) is 0.440. The number of nitrogens with zero attached hydrogens (tertiary/aromatic N) is 3. The average molecular weight is 435 g/mol. The quantitative estimate of drug-likeness (QED) is 0.479. The molecular weight excluding hydrogens is 400 g/mol. The third kappa shape index (κ3) is 5.93. The number of carbonyl (C=O) groups is 1. The summed E-state index contributed by atoms with van der Waals surface area (Å²) in [5.41, 5.74) is 3.16. The lowest BCUT2D eigenvalue weighted by molar-refractivity contribution is 0.222. The average Bonchev–Trinajstić information content (AvgIpc) is 3.51. The standard InChI is InChI=1S/C25H34N6O/c1-2-26-24(28-22-13-16-31(19-22)23-11-4-3-5-12-23)27-18-20-9-8-10-21(17-20)29-25(32)30-14-6-7-15-30/h3-5,8-12,17,22H,2,6-7,13-16,18-19H2,1H3,(H,29,32)(H2,26,27,28). The van der Waals surface area contributed by atoms with Crippen LogP contribution in [0.25, 0.3) is 0 Å². The van der Waals surface area contributed by atoms with Gasteiger partial charge in [-0.1, -0.05) is 30.3 Å². The summed E-state index contributed by atoms with van der Waals surface area (Å²) in [6, 6.07) is 18.9. The van der Waals surface area contributed by atoms with Crippen LogP contribution in [-0.2, 0) is 6.54 Å². The van der Waals surface area contributed by atoms with Crippen LogP contribution in [0.2, 0.25) is 0 Å². The topological polar surface area (TPSA) is 72.0 Å². The summed E-state index contributed by atoms with van der Waals surface area (Å²) in [4.78, 5) is 21.4. The Morgan fingerprint density at radius 2 is 1.88 bits per heavy atom. The number of anilines is 2. The van der Waals surface area contributed by atoms with Gasteiger partial charge in [-0.25, -0.2) is 9.79 Å². The van der Waals surface area contributed by atoms with Crippen molar-refractivity contribution < 1.29 is 4.79 Å². The molecule has 2 fully saturated rings. The first-order valence-electron chi connectivity index (χ1n) is 11.7. The number of carbonyl (C=O) groups excluding carboxylic acids is 1. The van der Waals surface area contributed by atoms with Gasteiger partial charge >= 0.3 is 6.03 Å². The molecule has 32 heavy (non-hydrogen) atoms. The van der Waals surface area contributed by atoms with Crippen LogP contribution in [0.4, 0.5) is 16.2 Å². The van der Waals surface area contributed by atoms with Crippen LogP contribution in [-0.4, -0.2) is 55.7 Å². The maximum atomic E-state index is 12.4. The molecule has 170 valence electrons. The van der Waals surface area contributed by atoms with E-state index in [4.69, 9.17) is 4.99 Å². The summed E-state index contributed by atoms with van der Waals surface area (Å²) in [5, 5.41) is 9.97. The van der Waals surface area contributed by atoms with Gasteiger partial charge in [-0.15, -0.1) is 0 Å². The number of hydrogen-bond donors (Lipinski definition) is 3. The monoisotopic (exact) mass is 434 g/mol. The van der Waals surface area contributed by atoms with Crippen molar-refractivity contribution in [1.29, 1.82) is 0 Å². The van der Waals surface area contributed by atoms with Crippen molar-refractivity contribution in [3.8, 4) is 0 Å². The van der Waals surface area contributed by atoms with E-state index in [9.17, 15) is 4.79 Å². The van der Waals surface area contributed by atoms with Crippen molar-refractivity contribution >= 4 is 23.4 Å². The lowest BCUT2D eigenvalue weighted by Gasteiger charge is -2.20. The molecule has 3 N–H and O–H groups in total. The Kier molecular flexibility index (Phi) is 7.48. The molecule has 0 bridgehead atoms. The van der Waals surface area contributed by atoms with Crippen LogP contribution in [0.1, 0.15) is 31.7 Å². The van der Waals surface area contributed by atoms with E-state index in [1.807, 2.05) is 29.2 Å². The minimum absolute atomic E-state index is 0.0117. The van der Waals surface area contributed by atoms with Gasteiger partial charge in [-0.05, 0) is 56.0 Å². The van der Waals surface area contributed by atoms with Gasteiger partial charge in [0.2, 0.25) is 0 Å². The van der Waals surface area contributed by atoms with Crippen LogP contribution >= 0.6 is 0 Å². The SMILES string of the molecule is CCNC(=NCc1cccc(NC(=O)N2CCCC2)c1)NC1CCN(c2ccccc2)C1. The molecule has 0 saturated carbocycles. The summed E-state index contributed by atoms with van der Waals surface area (Å²) >= 11 is 0. The molecule has 2 saturated heterocycles. The highest BCUT2D eigenvalue weighted by Gasteiger charge is 2.23. The van der Waals surface area contributed by atoms with E-state index in [1.54, 1.807) is 0 Å². The number of likely N-dealkylation sites (tertiary alicyclic amines) is 1. The van der Waals surface area contributed by atoms with Gasteiger partial charge < -0.3 is 25.8 Å². The van der Waals surface area contributed by atoms with Crippen molar-refractivity contribution in [2.24, 2.45) is 4.99 Å². The third-order valence-electron chi connectivity index (χ3n) is 5.99. The van der Waals surface area contributed by atoms with Gasteiger partial charge in [-0.3, -0.25) is 0 Å². The van der Waals surface area contributed by atoms with E-state index in [-0.39, 0.29) is 6.03 Å². The van der Waals surface area contributed by atoms with E-state index in [1.165, 1.54) is 5.69 Å². The Hall–Kier alpha value is -3.22. The number of guanidine groups is 1. The smallest absolute Gasteiger partial charge is 0.321 e. The normalized spacial score (nSPS) is 18.7. The van der Waals surface area contributed by atoms with E-state index < -0.39 is 0 Å². The van der Waals surface area contributed by atoms with Gasteiger partial charge in [0.15, 0.2) is 5.96 Å². The Balaban J connectivity index is 1.33. The van der Waals surface area contributed by atoms with Crippen LogP contribution in [0.15, 0.2) is 59.6 Å². The highest BCUT2D eigenvalue weighted by molar-refractivity contribution is 5.89. The predicted molar refractivity (Wildman–Crippen MR) is 131 cm³/mol. The highest BCUT2D eigenvalue weighted by Crippen LogP contribution is 2.20. The minimum atomic E-state index is -0.0117. The van der Waals surface area contributed by atoms with Crippen molar-refractivity contribution in [3.05, 3.63) is 60.2 Å². The zero-order chi connectivity index (χ0) is 22.2. The van der Waals surface area contributed by atoms with Crippen molar-refractivity contribution in [2.45, 2.75) is 38.8 Å². The zero-order valence-corrected chi connectivity index (χ0v) is 18.9. The zero-order valence-electron chi connectivity index (χ0n) is 18.9. The van der Waals surface area contributed by atoms with Crippen LogP contribution in [0, 0.1) is 0 Å². The molecule has 2 aliphatic rings. The fourth-order valence-corrected chi connectivity index (χ4v) is 4.31. The second-order valence-corrected chi connectivity index (χ2v) is 8.43. The second kappa shape index (κ2) is 10.9. The largest absolute Gasteiger partial charge is 0.369 e.